The van der Waals surface area contributed by atoms with E-state index in [1.807, 2.05) is 56.0 Å². The molecule has 0 spiro atoms. The molecule has 2 N–H and O–H groups in total. The molecular formula is C32H29FN6O2S. The van der Waals surface area contributed by atoms with E-state index in [0.717, 1.165) is 16.5 Å². The molecule has 0 bridgehead atoms. The van der Waals surface area contributed by atoms with Crippen molar-refractivity contribution in [3.05, 3.63) is 88.9 Å². The Hall–Kier alpha value is -4.28. The topological polar surface area (TPSA) is 107 Å². The van der Waals surface area contributed by atoms with Gasteiger partial charge in [0.05, 0.1) is 11.4 Å². The van der Waals surface area contributed by atoms with Gasteiger partial charge in [-0.3, -0.25) is 4.79 Å². The number of nitrogens with zero attached hydrogens (tertiary/aromatic N) is 5. The number of rotatable bonds is 6. The molecule has 1 amide bonds. The molecule has 4 heterocycles. The minimum atomic E-state index is -0.634. The molecule has 0 radical (unpaired) electrons. The summed E-state index contributed by atoms with van der Waals surface area (Å²) in [5, 5.41) is 1.96. The maximum Gasteiger partial charge on any atom is 0.265 e. The maximum atomic E-state index is 14.5. The van der Waals surface area contributed by atoms with Crippen LogP contribution in [0.15, 0.2) is 67.0 Å². The molecule has 3 aromatic heterocycles. The highest BCUT2D eigenvalue weighted by Gasteiger charge is 2.59. The predicted octanol–water partition coefficient (Wildman–Crippen LogP) is 5.61. The van der Waals surface area contributed by atoms with E-state index in [9.17, 15) is 9.18 Å². The quantitative estimate of drug-likeness (QED) is 0.278. The molecule has 2 aliphatic rings. The molecule has 1 aliphatic heterocycles. The highest BCUT2D eigenvalue weighted by Crippen LogP contribution is 2.49. The second-order valence-electron chi connectivity index (χ2n) is 11.6. The number of carbonyl (C=O) groups is 1. The van der Waals surface area contributed by atoms with Crippen LogP contribution in [0.25, 0.3) is 32.9 Å². The molecule has 7 rings (SSSR count). The van der Waals surface area contributed by atoms with Crippen LogP contribution in [0.2, 0.25) is 0 Å². The number of thiazole rings is 1. The number of carbonyl (C=O) groups excluding carboxylic acids is 1. The van der Waals surface area contributed by atoms with Gasteiger partial charge in [-0.25, -0.2) is 24.3 Å². The van der Waals surface area contributed by atoms with Crippen LogP contribution in [0.1, 0.15) is 34.8 Å². The first-order valence-electron chi connectivity index (χ1n) is 13.9. The minimum absolute atomic E-state index is 0.0198. The Bertz CT molecular complexity index is 1820. The molecule has 1 unspecified atom stereocenters. The van der Waals surface area contributed by atoms with Crippen molar-refractivity contribution in [2.75, 3.05) is 13.1 Å². The van der Waals surface area contributed by atoms with E-state index >= 15 is 0 Å². The maximum absolute atomic E-state index is 14.5. The zero-order valence-electron chi connectivity index (χ0n) is 23.4. The Labute approximate surface area is 246 Å². The largest absolute Gasteiger partial charge is 0.474 e. The molecule has 2 fully saturated rings. The number of halogens is 1. The number of benzene rings is 2. The Kier molecular flexibility index (Phi) is 6.29. The van der Waals surface area contributed by atoms with E-state index < -0.39 is 5.54 Å². The normalized spacial score (nSPS) is 19.6. The number of nitrogens with two attached hydrogens (primary N) is 1. The fraction of sp³-hybridized carbons (Fsp3) is 0.281. The van der Waals surface area contributed by atoms with Gasteiger partial charge < -0.3 is 15.4 Å². The zero-order chi connectivity index (χ0) is 29.2. The van der Waals surface area contributed by atoms with Gasteiger partial charge in [0, 0.05) is 59.9 Å². The summed E-state index contributed by atoms with van der Waals surface area (Å²) in [5.41, 5.74) is 8.93. The van der Waals surface area contributed by atoms with Crippen LogP contribution in [0, 0.1) is 24.6 Å². The summed E-state index contributed by atoms with van der Waals surface area (Å²) in [6.07, 6.45) is 3.29. The van der Waals surface area contributed by atoms with E-state index in [1.54, 1.807) is 30.6 Å². The number of hydrogen-bond acceptors (Lipinski definition) is 8. The molecule has 42 heavy (non-hydrogen) atoms. The number of amides is 1. The first-order valence-corrected chi connectivity index (χ1v) is 14.7. The average molecular weight is 581 g/mol. The van der Waals surface area contributed by atoms with Crippen molar-refractivity contribution in [2.45, 2.75) is 32.4 Å². The second kappa shape index (κ2) is 9.92. The number of aromatic nitrogens is 4. The van der Waals surface area contributed by atoms with Crippen molar-refractivity contribution in [3.8, 4) is 28.0 Å². The van der Waals surface area contributed by atoms with Crippen molar-refractivity contribution in [1.29, 1.82) is 0 Å². The highest BCUT2D eigenvalue weighted by atomic mass is 32.1. The van der Waals surface area contributed by atoms with Gasteiger partial charge in [-0.1, -0.05) is 24.3 Å². The van der Waals surface area contributed by atoms with Crippen LogP contribution in [0.5, 0.6) is 5.88 Å². The number of piperidine rings is 1. The third-order valence-corrected chi connectivity index (χ3v) is 9.24. The number of hydrogen-bond donors (Lipinski definition) is 1. The van der Waals surface area contributed by atoms with Crippen LogP contribution in [-0.2, 0) is 5.54 Å². The first-order chi connectivity index (χ1) is 20.2. The molecule has 5 aromatic rings. The zero-order valence-corrected chi connectivity index (χ0v) is 24.2. The molecular weight excluding hydrogens is 551 g/mol. The fourth-order valence-electron chi connectivity index (χ4n) is 5.76. The van der Waals surface area contributed by atoms with Gasteiger partial charge in [0.2, 0.25) is 5.88 Å². The monoisotopic (exact) mass is 580 g/mol. The van der Waals surface area contributed by atoms with Crippen LogP contribution < -0.4 is 10.5 Å². The predicted molar refractivity (Wildman–Crippen MR) is 160 cm³/mol. The SMILES string of the molecule is Cc1nc(-c2ncccn2)sc1C(=O)N1C[C@@H]2C(Oc3cc(C(C)(C)N)cc(-c4ccc(F)c5ccccc45)n3)[C@@H]2C1. The van der Waals surface area contributed by atoms with Gasteiger partial charge in [-0.2, -0.15) is 0 Å². The molecule has 8 nitrogen and oxygen atoms in total. The Morgan fingerprint density at radius 1 is 1.02 bits per heavy atom. The van der Waals surface area contributed by atoms with E-state index in [0.29, 0.717) is 51.5 Å². The number of ether oxygens (including phenoxy) is 1. The lowest BCUT2D eigenvalue weighted by Crippen LogP contribution is -2.33. The van der Waals surface area contributed by atoms with Gasteiger partial charge in [-0.05, 0) is 56.0 Å². The minimum Gasteiger partial charge on any atom is -0.474 e. The number of likely N-dealkylation sites (tertiary alicyclic amines) is 1. The standard InChI is InChI=1S/C32H29FN6O2S/c1-17-28(42-30(37-17)29-35-11-6-12-36-29)31(40)39-15-22-23(16-39)27(22)41-26-14-18(32(2,3)34)13-25(38-26)21-9-10-24(33)20-8-5-4-7-19(20)21/h4-14,22-23,27H,15-16,34H2,1-3H3/t22-,23+,27?. The van der Waals surface area contributed by atoms with Crippen LogP contribution in [-0.4, -0.2) is 49.9 Å². The van der Waals surface area contributed by atoms with Crippen molar-refractivity contribution in [1.82, 2.24) is 24.8 Å². The van der Waals surface area contributed by atoms with Gasteiger partial charge in [0.1, 0.15) is 16.8 Å². The summed E-state index contributed by atoms with van der Waals surface area (Å²) >= 11 is 1.33. The first kappa shape index (κ1) is 26.6. The molecule has 212 valence electrons. The second-order valence-corrected chi connectivity index (χ2v) is 12.6. The summed E-state index contributed by atoms with van der Waals surface area (Å²) in [7, 11) is 0. The summed E-state index contributed by atoms with van der Waals surface area (Å²) in [6.45, 7) is 6.94. The lowest BCUT2D eigenvalue weighted by atomic mass is 9.93. The molecule has 10 heteroatoms. The smallest absolute Gasteiger partial charge is 0.265 e. The van der Waals surface area contributed by atoms with Gasteiger partial charge in [-0.15, -0.1) is 11.3 Å². The number of aryl methyl sites for hydroxylation is 1. The summed E-state index contributed by atoms with van der Waals surface area (Å²) in [6, 6.07) is 16.2. The molecule has 1 saturated heterocycles. The van der Waals surface area contributed by atoms with Crippen molar-refractivity contribution < 1.29 is 13.9 Å². The van der Waals surface area contributed by atoms with Crippen LogP contribution >= 0.6 is 11.3 Å². The summed E-state index contributed by atoms with van der Waals surface area (Å²) in [4.78, 5) is 33.8. The van der Waals surface area contributed by atoms with Gasteiger partial charge in [0.15, 0.2) is 10.8 Å². The third-order valence-electron chi connectivity index (χ3n) is 8.10. The van der Waals surface area contributed by atoms with Gasteiger partial charge >= 0.3 is 0 Å². The Morgan fingerprint density at radius 2 is 1.74 bits per heavy atom. The number of fused-ring (bicyclic) bond motifs is 2. The van der Waals surface area contributed by atoms with Gasteiger partial charge in [0.25, 0.3) is 5.91 Å². The molecule has 1 saturated carbocycles. The third kappa shape index (κ3) is 4.70. The van der Waals surface area contributed by atoms with Crippen molar-refractivity contribution in [2.24, 2.45) is 17.6 Å². The Balaban J connectivity index is 1.10. The van der Waals surface area contributed by atoms with Crippen LogP contribution in [0.4, 0.5) is 4.39 Å². The fourth-order valence-corrected chi connectivity index (χ4v) is 6.74. The lowest BCUT2D eigenvalue weighted by Gasteiger charge is -2.22. The highest BCUT2D eigenvalue weighted by molar-refractivity contribution is 7.17. The molecule has 3 atom stereocenters. The van der Waals surface area contributed by atoms with Crippen LogP contribution in [0.3, 0.4) is 0 Å². The van der Waals surface area contributed by atoms with E-state index in [1.165, 1.54) is 17.4 Å². The number of pyridine rings is 1. The molecule has 2 aromatic carbocycles. The van der Waals surface area contributed by atoms with E-state index in [-0.39, 0.29) is 29.7 Å². The van der Waals surface area contributed by atoms with E-state index in [4.69, 9.17) is 15.5 Å². The van der Waals surface area contributed by atoms with Crippen molar-refractivity contribution in [3.63, 3.8) is 0 Å². The van der Waals surface area contributed by atoms with Crippen molar-refractivity contribution >= 4 is 28.0 Å². The van der Waals surface area contributed by atoms with E-state index in [2.05, 4.69) is 15.0 Å². The average Bonchev–Trinajstić information content (AvgIpc) is 3.28. The lowest BCUT2D eigenvalue weighted by molar-refractivity contribution is 0.0755. The summed E-state index contributed by atoms with van der Waals surface area (Å²) in [5.74, 6) is 1.16. The molecule has 1 aliphatic carbocycles. The Morgan fingerprint density at radius 3 is 2.45 bits per heavy atom. The summed E-state index contributed by atoms with van der Waals surface area (Å²) < 4.78 is 21.0.